The van der Waals surface area contributed by atoms with E-state index >= 15 is 0 Å². The highest BCUT2D eigenvalue weighted by Gasteiger charge is 1.96. The van der Waals surface area contributed by atoms with Crippen LogP contribution in [0.15, 0.2) is 0 Å². The minimum absolute atomic E-state index is 0.102. The normalized spacial score (nSPS) is 12.6. The fourth-order valence-corrected chi connectivity index (χ4v) is 0.590. The van der Waals surface area contributed by atoms with Crippen molar-refractivity contribution in [3.8, 4) is 6.07 Å². The van der Waals surface area contributed by atoms with Crippen LogP contribution in [-0.2, 0) is 0 Å². The zero-order chi connectivity index (χ0) is 6.41. The Bertz CT molecular complexity index is 83.0. The molecule has 8 heavy (non-hydrogen) atoms. The molecule has 0 saturated heterocycles. The standard InChI is InChI=1S/C6H12N2/c1-2-3-6(8)4-5-7/h6H,2-4,8H2,1H3. The molecule has 0 aliphatic carbocycles. The van der Waals surface area contributed by atoms with Gasteiger partial charge in [-0.15, -0.1) is 0 Å². The summed E-state index contributed by atoms with van der Waals surface area (Å²) in [7, 11) is 0. The number of hydrogen-bond acceptors (Lipinski definition) is 2. The Morgan fingerprint density at radius 1 is 1.75 bits per heavy atom. The van der Waals surface area contributed by atoms with Crippen LogP contribution in [0.5, 0.6) is 0 Å². The lowest BCUT2D eigenvalue weighted by Crippen LogP contribution is -2.17. The number of nitriles is 1. The average Bonchev–Trinajstić information content (AvgIpc) is 1.68. The molecular weight excluding hydrogens is 100 g/mol. The number of nitrogens with zero attached hydrogens (tertiary/aromatic N) is 1. The average molecular weight is 112 g/mol. The first-order valence-corrected chi connectivity index (χ1v) is 2.93. The van der Waals surface area contributed by atoms with Crippen LogP contribution in [0.1, 0.15) is 26.2 Å². The van der Waals surface area contributed by atoms with E-state index in [1.54, 1.807) is 0 Å². The number of nitrogens with two attached hydrogens (primary N) is 1. The SMILES string of the molecule is CCCC(N)CC#N. The Hall–Kier alpha value is -0.550. The van der Waals surface area contributed by atoms with Crippen LogP contribution in [0.2, 0.25) is 0 Å². The van der Waals surface area contributed by atoms with Crippen molar-refractivity contribution in [1.82, 2.24) is 0 Å². The van der Waals surface area contributed by atoms with E-state index in [4.69, 9.17) is 11.0 Å². The molecule has 0 rings (SSSR count). The summed E-state index contributed by atoms with van der Waals surface area (Å²) in [5.74, 6) is 0. The Balaban J connectivity index is 3.08. The number of hydrogen-bond donors (Lipinski definition) is 1. The Kier molecular flexibility index (Phi) is 4.29. The topological polar surface area (TPSA) is 49.8 Å². The molecule has 0 radical (unpaired) electrons. The highest BCUT2D eigenvalue weighted by atomic mass is 14.6. The third-order valence-electron chi connectivity index (χ3n) is 1.01. The number of rotatable bonds is 3. The minimum Gasteiger partial charge on any atom is -0.327 e. The third kappa shape index (κ3) is 3.63. The van der Waals surface area contributed by atoms with Gasteiger partial charge in [0, 0.05) is 6.04 Å². The Morgan fingerprint density at radius 2 is 2.38 bits per heavy atom. The molecule has 2 nitrogen and oxygen atoms in total. The quantitative estimate of drug-likeness (QED) is 0.592. The van der Waals surface area contributed by atoms with Gasteiger partial charge in [-0.2, -0.15) is 5.26 Å². The molecule has 0 saturated carbocycles. The van der Waals surface area contributed by atoms with Gasteiger partial charge in [-0.3, -0.25) is 0 Å². The van der Waals surface area contributed by atoms with Crippen LogP contribution < -0.4 is 5.73 Å². The molecule has 0 aliphatic heterocycles. The molecule has 2 heteroatoms. The van der Waals surface area contributed by atoms with Crippen molar-refractivity contribution >= 4 is 0 Å². The van der Waals surface area contributed by atoms with Crippen molar-refractivity contribution in [3.05, 3.63) is 0 Å². The summed E-state index contributed by atoms with van der Waals surface area (Å²) in [4.78, 5) is 0. The second kappa shape index (κ2) is 4.61. The second-order valence-corrected chi connectivity index (χ2v) is 1.91. The van der Waals surface area contributed by atoms with Crippen LogP contribution in [-0.4, -0.2) is 6.04 Å². The fraction of sp³-hybridized carbons (Fsp3) is 0.833. The van der Waals surface area contributed by atoms with E-state index in [0.29, 0.717) is 6.42 Å². The highest BCUT2D eigenvalue weighted by Crippen LogP contribution is 1.95. The van der Waals surface area contributed by atoms with Crippen LogP contribution in [0.4, 0.5) is 0 Å². The molecule has 0 bridgehead atoms. The Morgan fingerprint density at radius 3 is 2.75 bits per heavy atom. The summed E-state index contributed by atoms with van der Waals surface area (Å²) in [5, 5.41) is 8.13. The van der Waals surface area contributed by atoms with E-state index in [1.807, 2.05) is 6.07 Å². The van der Waals surface area contributed by atoms with Gasteiger partial charge in [0.15, 0.2) is 0 Å². The molecule has 0 aromatic carbocycles. The summed E-state index contributed by atoms with van der Waals surface area (Å²) < 4.78 is 0. The van der Waals surface area contributed by atoms with E-state index in [2.05, 4.69) is 6.92 Å². The molecule has 1 atom stereocenters. The molecule has 0 heterocycles. The third-order valence-corrected chi connectivity index (χ3v) is 1.01. The van der Waals surface area contributed by atoms with Crippen LogP contribution in [0.3, 0.4) is 0 Å². The Labute approximate surface area is 50.3 Å². The van der Waals surface area contributed by atoms with Crippen molar-refractivity contribution in [2.24, 2.45) is 5.73 Å². The van der Waals surface area contributed by atoms with E-state index in [-0.39, 0.29) is 6.04 Å². The highest BCUT2D eigenvalue weighted by molar-refractivity contribution is 4.77. The maximum absolute atomic E-state index is 8.13. The van der Waals surface area contributed by atoms with Crippen molar-refractivity contribution in [2.75, 3.05) is 0 Å². The molecule has 0 aromatic rings. The molecule has 0 spiro atoms. The van der Waals surface area contributed by atoms with Gasteiger partial charge < -0.3 is 5.73 Å². The largest absolute Gasteiger partial charge is 0.327 e. The van der Waals surface area contributed by atoms with Gasteiger partial charge in [-0.25, -0.2) is 0 Å². The minimum atomic E-state index is 0.102. The summed E-state index contributed by atoms with van der Waals surface area (Å²) in [6.45, 7) is 2.07. The first-order chi connectivity index (χ1) is 3.81. The monoisotopic (exact) mass is 112 g/mol. The predicted molar refractivity (Wildman–Crippen MR) is 33.1 cm³/mol. The molecule has 0 amide bonds. The molecule has 1 unspecified atom stereocenters. The van der Waals surface area contributed by atoms with Gasteiger partial charge in [-0.1, -0.05) is 13.3 Å². The lowest BCUT2D eigenvalue weighted by atomic mass is 10.1. The molecule has 46 valence electrons. The summed E-state index contributed by atoms with van der Waals surface area (Å²) in [6.07, 6.45) is 2.53. The van der Waals surface area contributed by atoms with Gasteiger partial charge in [0.1, 0.15) is 0 Å². The van der Waals surface area contributed by atoms with Gasteiger partial charge in [0.05, 0.1) is 12.5 Å². The summed E-state index contributed by atoms with van der Waals surface area (Å²) >= 11 is 0. The molecule has 0 aliphatic rings. The first-order valence-electron chi connectivity index (χ1n) is 2.93. The second-order valence-electron chi connectivity index (χ2n) is 1.91. The van der Waals surface area contributed by atoms with Crippen LogP contribution >= 0.6 is 0 Å². The van der Waals surface area contributed by atoms with Crippen LogP contribution in [0, 0.1) is 11.3 Å². The lowest BCUT2D eigenvalue weighted by molar-refractivity contribution is 0.615. The summed E-state index contributed by atoms with van der Waals surface area (Å²) in [5.41, 5.74) is 5.47. The van der Waals surface area contributed by atoms with Gasteiger partial charge >= 0.3 is 0 Å². The molecule has 0 aromatic heterocycles. The van der Waals surface area contributed by atoms with E-state index in [1.165, 1.54) is 0 Å². The van der Waals surface area contributed by atoms with Gasteiger partial charge in [0.25, 0.3) is 0 Å². The molecule has 0 fully saturated rings. The smallest absolute Gasteiger partial charge is 0.0638 e. The maximum atomic E-state index is 8.13. The van der Waals surface area contributed by atoms with E-state index in [0.717, 1.165) is 12.8 Å². The molecular formula is C6H12N2. The van der Waals surface area contributed by atoms with Crippen molar-refractivity contribution in [3.63, 3.8) is 0 Å². The van der Waals surface area contributed by atoms with Gasteiger partial charge in [-0.05, 0) is 6.42 Å². The zero-order valence-electron chi connectivity index (χ0n) is 5.22. The van der Waals surface area contributed by atoms with Crippen molar-refractivity contribution in [2.45, 2.75) is 32.2 Å². The predicted octanol–water partition coefficient (Wildman–Crippen LogP) is 1.03. The summed E-state index contributed by atoms with van der Waals surface area (Å²) in [6, 6.07) is 2.13. The first kappa shape index (κ1) is 7.45. The fourth-order valence-electron chi connectivity index (χ4n) is 0.590. The van der Waals surface area contributed by atoms with Crippen LogP contribution in [0.25, 0.3) is 0 Å². The van der Waals surface area contributed by atoms with E-state index < -0.39 is 0 Å². The maximum Gasteiger partial charge on any atom is 0.0638 e. The van der Waals surface area contributed by atoms with E-state index in [9.17, 15) is 0 Å². The zero-order valence-corrected chi connectivity index (χ0v) is 5.22. The van der Waals surface area contributed by atoms with Gasteiger partial charge in [0.2, 0.25) is 0 Å². The van der Waals surface area contributed by atoms with Crippen molar-refractivity contribution < 1.29 is 0 Å². The van der Waals surface area contributed by atoms with Crippen molar-refractivity contribution in [1.29, 1.82) is 5.26 Å². The molecule has 2 N–H and O–H groups in total. The lowest BCUT2D eigenvalue weighted by Gasteiger charge is -2.01.